The molecule has 0 unspecified atom stereocenters. The van der Waals surface area contributed by atoms with Crippen LogP contribution < -0.4 is 4.74 Å². The van der Waals surface area contributed by atoms with Crippen molar-refractivity contribution in [1.29, 1.82) is 0 Å². The van der Waals surface area contributed by atoms with E-state index in [4.69, 9.17) is 4.74 Å². The summed E-state index contributed by atoms with van der Waals surface area (Å²) in [4.78, 5) is 0. The lowest BCUT2D eigenvalue weighted by molar-refractivity contribution is 0.290. The number of benzene rings is 2. The minimum Gasteiger partial charge on any atom is -0.486 e. The Balaban J connectivity index is 2.02. The highest BCUT2D eigenvalue weighted by Gasteiger charge is 2.01. The summed E-state index contributed by atoms with van der Waals surface area (Å²) in [5, 5.41) is 0. The molecule has 2 heteroatoms. The molecule has 82 valence electrons. The Kier molecular flexibility index (Phi) is 3.20. The molecule has 2 aromatic rings. The minimum atomic E-state index is -0.324. The molecule has 0 aliphatic rings. The van der Waals surface area contributed by atoms with Crippen molar-refractivity contribution in [2.24, 2.45) is 0 Å². The van der Waals surface area contributed by atoms with Gasteiger partial charge in [0.15, 0.2) is 11.6 Å². The predicted octanol–water partition coefficient (Wildman–Crippen LogP) is 3.71. The standard InChI is InChI=1S/C14H13FO/c1-11-6-8-12(9-7-11)10-16-14-5-3-2-4-13(14)15/h2-9H,10H2,1H3. The van der Waals surface area contributed by atoms with Gasteiger partial charge in [-0.2, -0.15) is 0 Å². The lowest BCUT2D eigenvalue weighted by Crippen LogP contribution is -1.97. The second-order valence-corrected chi connectivity index (χ2v) is 3.70. The van der Waals surface area contributed by atoms with Gasteiger partial charge < -0.3 is 4.74 Å². The maximum Gasteiger partial charge on any atom is 0.165 e. The number of hydrogen-bond acceptors (Lipinski definition) is 1. The molecule has 0 spiro atoms. The van der Waals surface area contributed by atoms with Crippen LogP contribution in [0.4, 0.5) is 4.39 Å². The highest BCUT2D eigenvalue weighted by Crippen LogP contribution is 2.17. The molecule has 0 atom stereocenters. The Morgan fingerprint density at radius 1 is 1.00 bits per heavy atom. The van der Waals surface area contributed by atoms with E-state index in [1.165, 1.54) is 11.6 Å². The van der Waals surface area contributed by atoms with Crippen molar-refractivity contribution in [3.8, 4) is 5.75 Å². The molecule has 0 saturated carbocycles. The summed E-state index contributed by atoms with van der Waals surface area (Å²) < 4.78 is 18.6. The molecule has 16 heavy (non-hydrogen) atoms. The van der Waals surface area contributed by atoms with Crippen LogP contribution in [0.25, 0.3) is 0 Å². The first-order valence-corrected chi connectivity index (χ1v) is 5.18. The van der Waals surface area contributed by atoms with Gasteiger partial charge in [0, 0.05) is 0 Å². The van der Waals surface area contributed by atoms with E-state index in [0.717, 1.165) is 5.56 Å². The molecule has 0 aliphatic heterocycles. The fraction of sp³-hybridized carbons (Fsp3) is 0.143. The maximum absolute atomic E-state index is 13.2. The van der Waals surface area contributed by atoms with Gasteiger partial charge in [-0.3, -0.25) is 0 Å². The summed E-state index contributed by atoms with van der Waals surface area (Å²) in [5.41, 5.74) is 2.24. The van der Waals surface area contributed by atoms with E-state index in [1.54, 1.807) is 18.2 Å². The van der Waals surface area contributed by atoms with E-state index in [0.29, 0.717) is 12.4 Å². The number of hydrogen-bond donors (Lipinski definition) is 0. The minimum absolute atomic E-state index is 0.295. The molecule has 1 nitrogen and oxygen atoms in total. The number of rotatable bonds is 3. The van der Waals surface area contributed by atoms with E-state index in [2.05, 4.69) is 0 Å². The Morgan fingerprint density at radius 2 is 1.69 bits per heavy atom. The van der Waals surface area contributed by atoms with Crippen LogP contribution in [-0.4, -0.2) is 0 Å². The lowest BCUT2D eigenvalue weighted by atomic mass is 10.2. The molecule has 0 N–H and O–H groups in total. The van der Waals surface area contributed by atoms with Crippen LogP contribution in [0, 0.1) is 12.7 Å². The van der Waals surface area contributed by atoms with Gasteiger partial charge in [-0.15, -0.1) is 0 Å². The molecule has 0 bridgehead atoms. The topological polar surface area (TPSA) is 9.23 Å². The van der Waals surface area contributed by atoms with Crippen LogP contribution in [0.5, 0.6) is 5.75 Å². The first-order valence-electron chi connectivity index (χ1n) is 5.18. The van der Waals surface area contributed by atoms with Crippen LogP contribution in [0.2, 0.25) is 0 Å². The van der Waals surface area contributed by atoms with Gasteiger partial charge in [-0.25, -0.2) is 4.39 Å². The molecule has 0 heterocycles. The zero-order valence-corrected chi connectivity index (χ0v) is 9.11. The Labute approximate surface area is 94.5 Å². The van der Waals surface area contributed by atoms with Crippen LogP contribution >= 0.6 is 0 Å². The maximum atomic E-state index is 13.2. The van der Waals surface area contributed by atoms with E-state index < -0.39 is 0 Å². The van der Waals surface area contributed by atoms with Gasteiger partial charge in [-0.05, 0) is 24.6 Å². The van der Waals surface area contributed by atoms with Gasteiger partial charge in [0.1, 0.15) is 6.61 Å². The van der Waals surface area contributed by atoms with Crippen molar-refractivity contribution in [2.45, 2.75) is 13.5 Å². The van der Waals surface area contributed by atoms with Crippen LogP contribution in [0.3, 0.4) is 0 Å². The van der Waals surface area contributed by atoms with Crippen LogP contribution in [0.15, 0.2) is 48.5 Å². The van der Waals surface area contributed by atoms with E-state index in [1.807, 2.05) is 31.2 Å². The molecule has 0 saturated heterocycles. The van der Waals surface area contributed by atoms with Crippen molar-refractivity contribution in [2.75, 3.05) is 0 Å². The van der Waals surface area contributed by atoms with E-state index >= 15 is 0 Å². The molecule has 0 aliphatic carbocycles. The SMILES string of the molecule is Cc1ccc(COc2ccccc2F)cc1. The van der Waals surface area contributed by atoms with Gasteiger partial charge in [-0.1, -0.05) is 42.0 Å². The Morgan fingerprint density at radius 3 is 2.38 bits per heavy atom. The van der Waals surface area contributed by atoms with Gasteiger partial charge in [0.2, 0.25) is 0 Å². The van der Waals surface area contributed by atoms with Crippen molar-refractivity contribution in [1.82, 2.24) is 0 Å². The summed E-state index contributed by atoms with van der Waals surface area (Å²) in [6.07, 6.45) is 0. The first-order chi connectivity index (χ1) is 7.75. The molecule has 2 aromatic carbocycles. The van der Waals surface area contributed by atoms with Crippen molar-refractivity contribution >= 4 is 0 Å². The third kappa shape index (κ3) is 2.60. The number of para-hydroxylation sites is 1. The van der Waals surface area contributed by atoms with E-state index in [-0.39, 0.29) is 5.82 Å². The fourth-order valence-electron chi connectivity index (χ4n) is 1.41. The Bertz CT molecular complexity index is 462. The molecule has 2 rings (SSSR count). The summed E-state index contributed by atoms with van der Waals surface area (Å²) in [6.45, 7) is 2.42. The Hall–Kier alpha value is -1.83. The van der Waals surface area contributed by atoms with Crippen molar-refractivity contribution in [3.05, 3.63) is 65.5 Å². The van der Waals surface area contributed by atoms with E-state index in [9.17, 15) is 4.39 Å². The van der Waals surface area contributed by atoms with Crippen LogP contribution in [-0.2, 0) is 6.61 Å². The van der Waals surface area contributed by atoms with Gasteiger partial charge in [0.05, 0.1) is 0 Å². The molecule has 0 amide bonds. The van der Waals surface area contributed by atoms with Crippen molar-refractivity contribution < 1.29 is 9.13 Å². The van der Waals surface area contributed by atoms with Crippen LogP contribution in [0.1, 0.15) is 11.1 Å². The zero-order valence-electron chi connectivity index (χ0n) is 9.11. The molecular formula is C14H13FO. The fourth-order valence-corrected chi connectivity index (χ4v) is 1.41. The largest absolute Gasteiger partial charge is 0.486 e. The second kappa shape index (κ2) is 4.79. The third-order valence-corrected chi connectivity index (χ3v) is 2.35. The molecule has 0 fully saturated rings. The average molecular weight is 216 g/mol. The summed E-state index contributed by atoms with van der Waals surface area (Å²) in [6, 6.07) is 14.4. The normalized spacial score (nSPS) is 10.1. The van der Waals surface area contributed by atoms with Gasteiger partial charge >= 0.3 is 0 Å². The highest BCUT2D eigenvalue weighted by molar-refractivity contribution is 5.25. The lowest BCUT2D eigenvalue weighted by Gasteiger charge is -2.07. The zero-order chi connectivity index (χ0) is 11.4. The summed E-state index contributed by atoms with van der Waals surface area (Å²) >= 11 is 0. The third-order valence-electron chi connectivity index (χ3n) is 2.35. The first kappa shape index (κ1) is 10.7. The van der Waals surface area contributed by atoms with Gasteiger partial charge in [0.25, 0.3) is 0 Å². The highest BCUT2D eigenvalue weighted by atomic mass is 19.1. The van der Waals surface area contributed by atoms with Crippen molar-refractivity contribution in [3.63, 3.8) is 0 Å². The summed E-state index contributed by atoms with van der Waals surface area (Å²) in [5.74, 6) is -0.0299. The number of aryl methyl sites for hydroxylation is 1. The molecular weight excluding hydrogens is 203 g/mol. The number of halogens is 1. The predicted molar refractivity (Wildman–Crippen MR) is 61.9 cm³/mol. The quantitative estimate of drug-likeness (QED) is 0.759. The average Bonchev–Trinajstić information content (AvgIpc) is 2.30. The summed E-state index contributed by atoms with van der Waals surface area (Å²) in [7, 11) is 0. The monoisotopic (exact) mass is 216 g/mol. The molecule has 0 radical (unpaired) electrons. The second-order valence-electron chi connectivity index (χ2n) is 3.70. The number of ether oxygens (including phenoxy) is 1. The molecule has 0 aromatic heterocycles. The smallest absolute Gasteiger partial charge is 0.165 e.